The van der Waals surface area contributed by atoms with E-state index in [-0.39, 0.29) is 17.8 Å². The Hall–Kier alpha value is -2.54. The van der Waals surface area contributed by atoms with Crippen molar-refractivity contribution < 1.29 is 9.90 Å². The molecule has 23 heavy (non-hydrogen) atoms. The Kier molecular flexibility index (Phi) is 5.59. The number of carbonyl (C=O) groups is 1. The summed E-state index contributed by atoms with van der Waals surface area (Å²) in [5, 5.41) is 19.3. The van der Waals surface area contributed by atoms with Crippen molar-refractivity contribution >= 4 is 11.8 Å². The number of urea groups is 1. The predicted molar refractivity (Wildman–Crippen MR) is 89.5 cm³/mol. The molecule has 124 valence electrons. The first-order valence-corrected chi connectivity index (χ1v) is 7.48. The number of phenols is 1. The summed E-state index contributed by atoms with van der Waals surface area (Å²) in [5.41, 5.74) is 0.830. The second kappa shape index (κ2) is 7.64. The first-order valence-electron chi connectivity index (χ1n) is 7.48. The number of hydrogen-bond donors (Lipinski definition) is 3. The second-order valence-electron chi connectivity index (χ2n) is 5.68. The lowest BCUT2D eigenvalue weighted by molar-refractivity contribution is 0.249. The zero-order valence-corrected chi connectivity index (χ0v) is 13.7. The maximum Gasteiger partial charge on any atom is 0.320 e. The Bertz CT molecular complexity index is 653. The number of carbonyl (C=O) groups excluding carboxylic acids is 1. The number of rotatable bonds is 6. The van der Waals surface area contributed by atoms with E-state index < -0.39 is 0 Å². The fraction of sp³-hybridized carbons (Fsp3) is 0.375. The molecule has 1 aromatic heterocycles. The lowest BCUT2D eigenvalue weighted by Crippen LogP contribution is -2.31. The maximum atomic E-state index is 12.0. The smallest absolute Gasteiger partial charge is 0.320 e. The maximum absolute atomic E-state index is 12.0. The molecule has 2 rings (SSSR count). The minimum atomic E-state index is -0.335. The van der Waals surface area contributed by atoms with Gasteiger partial charge in [0.25, 0.3) is 0 Å². The van der Waals surface area contributed by atoms with E-state index in [0.29, 0.717) is 5.82 Å². The molecular weight excluding hydrogens is 294 g/mol. The van der Waals surface area contributed by atoms with Gasteiger partial charge in [-0.1, -0.05) is 12.1 Å². The van der Waals surface area contributed by atoms with Crippen LogP contribution in [0.3, 0.4) is 0 Å². The number of anilines is 1. The molecule has 0 bridgehead atoms. The van der Waals surface area contributed by atoms with Crippen LogP contribution >= 0.6 is 0 Å². The van der Waals surface area contributed by atoms with Crippen LogP contribution in [0.25, 0.3) is 0 Å². The van der Waals surface area contributed by atoms with Crippen LogP contribution in [0.15, 0.2) is 36.5 Å². The first kappa shape index (κ1) is 16.8. The zero-order valence-electron chi connectivity index (χ0n) is 13.7. The van der Waals surface area contributed by atoms with Crippen LogP contribution in [0.1, 0.15) is 18.5 Å². The van der Waals surface area contributed by atoms with Crippen molar-refractivity contribution in [1.82, 2.24) is 20.0 Å². The molecule has 0 aliphatic heterocycles. The molecule has 2 amide bonds. The summed E-state index contributed by atoms with van der Waals surface area (Å²) in [6.45, 7) is 3.49. The van der Waals surface area contributed by atoms with Crippen molar-refractivity contribution in [2.24, 2.45) is 0 Å². The Morgan fingerprint density at radius 1 is 1.39 bits per heavy atom. The van der Waals surface area contributed by atoms with Gasteiger partial charge in [0.05, 0.1) is 12.6 Å². The lowest BCUT2D eigenvalue weighted by atomic mass is 10.1. The van der Waals surface area contributed by atoms with Crippen molar-refractivity contribution in [2.75, 3.05) is 26.0 Å². The van der Waals surface area contributed by atoms with Crippen LogP contribution in [-0.2, 0) is 6.54 Å². The second-order valence-corrected chi connectivity index (χ2v) is 5.68. The van der Waals surface area contributed by atoms with Crippen LogP contribution in [0.4, 0.5) is 10.6 Å². The monoisotopic (exact) mass is 317 g/mol. The largest absolute Gasteiger partial charge is 0.508 e. The van der Waals surface area contributed by atoms with Gasteiger partial charge in [-0.15, -0.1) is 0 Å². The van der Waals surface area contributed by atoms with E-state index in [1.165, 1.54) is 0 Å². The summed E-state index contributed by atoms with van der Waals surface area (Å²) in [6.07, 6.45) is 1.83. The number of aromatic nitrogens is 2. The lowest BCUT2D eigenvalue weighted by Gasteiger charge is -2.14. The van der Waals surface area contributed by atoms with E-state index in [0.717, 1.165) is 18.7 Å². The van der Waals surface area contributed by atoms with Crippen molar-refractivity contribution in [3.63, 3.8) is 0 Å². The van der Waals surface area contributed by atoms with Gasteiger partial charge in [-0.25, -0.2) is 4.79 Å². The Labute approximate surface area is 135 Å². The average Bonchev–Trinajstić information content (AvgIpc) is 2.92. The summed E-state index contributed by atoms with van der Waals surface area (Å²) in [5.74, 6) is 0.681. The normalized spacial score (nSPS) is 12.2. The third-order valence-corrected chi connectivity index (χ3v) is 3.38. The number of likely N-dealkylation sites (N-methyl/N-ethyl adjacent to an activating group) is 1. The van der Waals surface area contributed by atoms with Gasteiger partial charge in [0.1, 0.15) is 5.75 Å². The van der Waals surface area contributed by atoms with E-state index in [2.05, 4.69) is 20.6 Å². The standard InChI is InChI=1S/C16H23N5O2/c1-12(13-5-4-6-14(22)11-13)17-16(23)18-15-7-8-21(19-15)10-9-20(2)3/h4-8,11-12,22H,9-10H2,1-3H3,(H2,17,18,19,23)/t12-/m0/s1. The van der Waals surface area contributed by atoms with Crippen molar-refractivity contribution in [3.05, 3.63) is 42.1 Å². The molecule has 7 nitrogen and oxygen atoms in total. The molecule has 7 heteroatoms. The number of phenolic OH excluding ortho intramolecular Hbond substituents is 1. The minimum Gasteiger partial charge on any atom is -0.508 e. The molecule has 0 saturated carbocycles. The molecule has 0 unspecified atom stereocenters. The summed E-state index contributed by atoms with van der Waals surface area (Å²) in [4.78, 5) is 14.1. The highest BCUT2D eigenvalue weighted by molar-refractivity contribution is 5.88. The highest BCUT2D eigenvalue weighted by Gasteiger charge is 2.11. The number of aromatic hydroxyl groups is 1. The number of nitrogens with zero attached hydrogens (tertiary/aromatic N) is 3. The zero-order chi connectivity index (χ0) is 16.8. The van der Waals surface area contributed by atoms with Gasteiger partial charge in [0, 0.05) is 18.8 Å². The summed E-state index contributed by atoms with van der Waals surface area (Å²) in [7, 11) is 4.00. The Morgan fingerprint density at radius 3 is 2.87 bits per heavy atom. The van der Waals surface area contributed by atoms with Gasteiger partial charge >= 0.3 is 6.03 Å². The molecule has 1 heterocycles. The predicted octanol–water partition coefficient (Wildman–Crippen LogP) is 2.03. The molecule has 3 N–H and O–H groups in total. The number of benzene rings is 1. The van der Waals surface area contributed by atoms with Gasteiger partial charge in [-0.05, 0) is 38.7 Å². The molecular formula is C16H23N5O2. The van der Waals surface area contributed by atoms with E-state index in [9.17, 15) is 9.90 Å². The first-order chi connectivity index (χ1) is 10.9. The summed E-state index contributed by atoms with van der Waals surface area (Å²) >= 11 is 0. The summed E-state index contributed by atoms with van der Waals surface area (Å²) in [6, 6.07) is 8.01. The van der Waals surface area contributed by atoms with Crippen LogP contribution in [0.2, 0.25) is 0 Å². The fourth-order valence-corrected chi connectivity index (χ4v) is 2.08. The molecule has 1 aromatic carbocycles. The van der Waals surface area contributed by atoms with E-state index >= 15 is 0 Å². The SMILES string of the molecule is C[C@H](NC(=O)Nc1ccn(CCN(C)C)n1)c1cccc(O)c1. The third-order valence-electron chi connectivity index (χ3n) is 3.38. The van der Waals surface area contributed by atoms with Crippen molar-refractivity contribution in [2.45, 2.75) is 19.5 Å². The molecule has 0 radical (unpaired) electrons. The van der Waals surface area contributed by atoms with Gasteiger partial charge in [-0.3, -0.25) is 10.00 Å². The molecule has 2 aromatic rings. The topological polar surface area (TPSA) is 82.4 Å². The average molecular weight is 317 g/mol. The fourth-order valence-electron chi connectivity index (χ4n) is 2.08. The quantitative estimate of drug-likeness (QED) is 0.761. The Balaban J connectivity index is 1.87. The van der Waals surface area contributed by atoms with Crippen LogP contribution < -0.4 is 10.6 Å². The molecule has 0 spiro atoms. The van der Waals surface area contributed by atoms with Gasteiger partial charge in [-0.2, -0.15) is 5.10 Å². The molecule has 0 aliphatic rings. The van der Waals surface area contributed by atoms with Gasteiger partial charge in [0.15, 0.2) is 5.82 Å². The van der Waals surface area contributed by atoms with Crippen molar-refractivity contribution in [1.29, 1.82) is 0 Å². The minimum absolute atomic E-state index is 0.177. The van der Waals surface area contributed by atoms with Crippen molar-refractivity contribution in [3.8, 4) is 5.75 Å². The van der Waals surface area contributed by atoms with Crippen LogP contribution in [0, 0.1) is 0 Å². The van der Waals surface area contributed by atoms with E-state index in [1.807, 2.05) is 33.3 Å². The van der Waals surface area contributed by atoms with Gasteiger partial charge in [0.2, 0.25) is 0 Å². The Morgan fingerprint density at radius 2 is 2.17 bits per heavy atom. The molecule has 0 fully saturated rings. The van der Waals surface area contributed by atoms with E-state index in [1.54, 1.807) is 28.9 Å². The number of hydrogen-bond acceptors (Lipinski definition) is 4. The summed E-state index contributed by atoms with van der Waals surface area (Å²) < 4.78 is 1.79. The highest BCUT2D eigenvalue weighted by atomic mass is 16.3. The highest BCUT2D eigenvalue weighted by Crippen LogP contribution is 2.17. The van der Waals surface area contributed by atoms with E-state index in [4.69, 9.17) is 0 Å². The van der Waals surface area contributed by atoms with Crippen LogP contribution in [0.5, 0.6) is 5.75 Å². The number of amides is 2. The van der Waals surface area contributed by atoms with Crippen LogP contribution in [-0.4, -0.2) is 46.5 Å². The molecule has 0 aliphatic carbocycles. The molecule has 1 atom stereocenters. The third kappa shape index (κ3) is 5.30. The molecule has 0 saturated heterocycles. The number of nitrogens with one attached hydrogen (secondary N) is 2. The van der Waals surface area contributed by atoms with Gasteiger partial charge < -0.3 is 15.3 Å².